The maximum Gasteiger partial charge on any atom is 0.411 e. The van der Waals surface area contributed by atoms with Gasteiger partial charge in [0.15, 0.2) is 0 Å². The molecule has 0 bridgehead atoms. The van der Waals surface area contributed by atoms with Crippen LogP contribution in [0.5, 0.6) is 0 Å². The van der Waals surface area contributed by atoms with E-state index in [-0.39, 0.29) is 18.7 Å². The number of aliphatic hydroxyl groups is 1. The van der Waals surface area contributed by atoms with E-state index in [9.17, 15) is 24.9 Å². The Labute approximate surface area is 185 Å². The molecule has 0 spiro atoms. The van der Waals surface area contributed by atoms with Gasteiger partial charge in [-0.2, -0.15) is 0 Å². The highest BCUT2D eigenvalue weighted by Crippen LogP contribution is 2.47. The Morgan fingerprint density at radius 1 is 1.00 bits per heavy atom. The number of amides is 1. The summed E-state index contributed by atoms with van der Waals surface area (Å²) in [5, 5.41) is 33.2. The molecule has 2 heterocycles. The second-order valence-electron chi connectivity index (χ2n) is 8.79. The zero-order valence-electron chi connectivity index (χ0n) is 17.7. The van der Waals surface area contributed by atoms with Crippen LogP contribution in [0.1, 0.15) is 53.9 Å². The fourth-order valence-electron chi connectivity index (χ4n) is 5.46. The lowest BCUT2D eigenvalue weighted by Crippen LogP contribution is -2.40. The highest BCUT2D eigenvalue weighted by molar-refractivity contribution is 6.01. The fraction of sp³-hybridized carbons (Fsp3) is 0.360. The molecule has 0 saturated heterocycles. The van der Waals surface area contributed by atoms with Crippen molar-refractivity contribution in [3.8, 4) is 11.3 Å². The van der Waals surface area contributed by atoms with Crippen LogP contribution < -0.4 is 10.0 Å². The van der Waals surface area contributed by atoms with Crippen molar-refractivity contribution < 1.29 is 24.9 Å². The lowest BCUT2D eigenvalue weighted by Gasteiger charge is -2.30. The second kappa shape index (κ2) is 7.98. The first-order chi connectivity index (χ1) is 15.5. The number of aromatic nitrogens is 1. The number of aliphatic hydroxyl groups excluding tert-OH is 1. The third-order valence-electron chi connectivity index (χ3n) is 6.82. The molecule has 7 heteroatoms. The molecule has 5 rings (SSSR count). The van der Waals surface area contributed by atoms with Crippen LogP contribution in [0.3, 0.4) is 0 Å². The van der Waals surface area contributed by atoms with E-state index in [0.717, 1.165) is 53.4 Å². The number of fused-ring (bicyclic) bond motifs is 5. The molecule has 32 heavy (non-hydrogen) atoms. The van der Waals surface area contributed by atoms with Crippen LogP contribution in [0.25, 0.3) is 22.2 Å². The van der Waals surface area contributed by atoms with Crippen LogP contribution in [0.4, 0.5) is 10.5 Å². The Balaban J connectivity index is 1.87. The largest absolute Gasteiger partial charge is 0.545 e. The molecule has 3 aromatic rings. The molecule has 1 aliphatic heterocycles. The molecular formula is C25H25N2O5-. The van der Waals surface area contributed by atoms with E-state index in [1.54, 1.807) is 24.3 Å². The van der Waals surface area contributed by atoms with Gasteiger partial charge in [-0.3, -0.25) is 4.90 Å². The van der Waals surface area contributed by atoms with E-state index >= 15 is 0 Å². The highest BCUT2D eigenvalue weighted by atomic mass is 16.4. The molecule has 1 aromatic heterocycles. The SMILES string of the molecule is O=C([O-])c1ccc2c(C3CCCCC3)c3n(c2c1)CC(O)CN(C(=O)O)c1ccccc1-3. The van der Waals surface area contributed by atoms with Gasteiger partial charge in [0.1, 0.15) is 0 Å². The average Bonchev–Trinajstić information content (AvgIpc) is 3.09. The van der Waals surface area contributed by atoms with E-state index in [1.165, 1.54) is 11.3 Å². The number of carbonyl (C=O) groups excluding carboxylic acids is 1. The first-order valence-corrected chi connectivity index (χ1v) is 11.1. The van der Waals surface area contributed by atoms with Crippen molar-refractivity contribution in [1.82, 2.24) is 4.57 Å². The van der Waals surface area contributed by atoms with Crippen LogP contribution in [0.2, 0.25) is 0 Å². The van der Waals surface area contributed by atoms with Crippen LogP contribution in [-0.2, 0) is 6.54 Å². The average molecular weight is 433 g/mol. The van der Waals surface area contributed by atoms with Crippen molar-refractivity contribution in [2.45, 2.75) is 50.7 Å². The number of carbonyl (C=O) groups is 2. The van der Waals surface area contributed by atoms with E-state index in [4.69, 9.17) is 0 Å². The van der Waals surface area contributed by atoms with Crippen molar-refractivity contribution in [2.24, 2.45) is 0 Å². The predicted molar refractivity (Wildman–Crippen MR) is 119 cm³/mol. The maximum absolute atomic E-state index is 12.1. The molecule has 1 amide bonds. The number of rotatable bonds is 2. The summed E-state index contributed by atoms with van der Waals surface area (Å²) >= 11 is 0. The summed E-state index contributed by atoms with van der Waals surface area (Å²) in [5.74, 6) is -0.954. The number of hydrogen-bond acceptors (Lipinski definition) is 4. The standard InChI is InChI=1S/C25H26N2O5/c28-17-13-26-21-12-16(24(29)30)10-11-18(21)22(15-6-2-1-3-7-15)23(26)19-8-4-5-9-20(19)27(14-17)25(31)32/h4-5,8-12,15,17,28H,1-3,6-7,13-14H2,(H,29,30)(H,31,32)/p-1. The minimum absolute atomic E-state index is 0.0651. The molecule has 2 aliphatic rings. The first kappa shape index (κ1) is 20.6. The quantitative estimate of drug-likeness (QED) is 0.643. The molecule has 1 saturated carbocycles. The Kier molecular flexibility index (Phi) is 5.13. The van der Waals surface area contributed by atoms with Gasteiger partial charge < -0.3 is 24.7 Å². The third kappa shape index (κ3) is 3.33. The zero-order chi connectivity index (χ0) is 22.4. The molecular weight excluding hydrogens is 408 g/mol. The number of carboxylic acids is 1. The molecule has 1 atom stereocenters. The smallest absolute Gasteiger partial charge is 0.411 e. The van der Waals surface area contributed by atoms with E-state index in [2.05, 4.69) is 0 Å². The molecule has 2 N–H and O–H groups in total. The highest BCUT2D eigenvalue weighted by Gasteiger charge is 2.32. The predicted octanol–water partition coefficient (Wildman–Crippen LogP) is 3.58. The normalized spacial score (nSPS) is 19.2. The summed E-state index contributed by atoms with van der Waals surface area (Å²) in [6.07, 6.45) is 3.45. The summed E-state index contributed by atoms with van der Waals surface area (Å²) < 4.78 is 1.98. The minimum Gasteiger partial charge on any atom is -0.545 e. The number of benzene rings is 2. The van der Waals surface area contributed by atoms with E-state index in [0.29, 0.717) is 11.6 Å². The number of anilines is 1. The van der Waals surface area contributed by atoms with Gasteiger partial charge in [0, 0.05) is 16.5 Å². The maximum atomic E-state index is 12.1. The number of para-hydroxylation sites is 1. The number of carboxylic acid groups (broad SMARTS) is 2. The van der Waals surface area contributed by atoms with Crippen molar-refractivity contribution >= 4 is 28.7 Å². The van der Waals surface area contributed by atoms with Gasteiger partial charge in [-0.15, -0.1) is 0 Å². The lowest BCUT2D eigenvalue weighted by atomic mass is 9.81. The summed E-state index contributed by atoms with van der Waals surface area (Å²) in [6.45, 7) is 0.109. The Bertz CT molecular complexity index is 1210. The molecule has 1 unspecified atom stereocenters. The van der Waals surface area contributed by atoms with Gasteiger partial charge in [-0.1, -0.05) is 49.6 Å². The van der Waals surface area contributed by atoms with Crippen molar-refractivity contribution in [2.75, 3.05) is 11.4 Å². The lowest BCUT2D eigenvalue weighted by molar-refractivity contribution is -0.255. The van der Waals surface area contributed by atoms with Gasteiger partial charge in [0.25, 0.3) is 0 Å². The second-order valence-corrected chi connectivity index (χ2v) is 8.79. The van der Waals surface area contributed by atoms with Gasteiger partial charge in [-0.05, 0) is 42.0 Å². The monoisotopic (exact) mass is 433 g/mol. The van der Waals surface area contributed by atoms with Crippen molar-refractivity contribution in [3.63, 3.8) is 0 Å². The first-order valence-electron chi connectivity index (χ1n) is 11.1. The summed E-state index contributed by atoms with van der Waals surface area (Å²) in [4.78, 5) is 24.8. The van der Waals surface area contributed by atoms with Gasteiger partial charge in [-0.25, -0.2) is 4.79 Å². The minimum atomic E-state index is -1.24. The van der Waals surface area contributed by atoms with Crippen molar-refractivity contribution in [3.05, 3.63) is 53.6 Å². The Hall–Kier alpha value is -3.32. The van der Waals surface area contributed by atoms with E-state index in [1.807, 2.05) is 22.8 Å². The number of aromatic carboxylic acids is 1. The van der Waals surface area contributed by atoms with Crippen LogP contribution >= 0.6 is 0 Å². The van der Waals surface area contributed by atoms with Gasteiger partial charge >= 0.3 is 6.09 Å². The Morgan fingerprint density at radius 3 is 2.47 bits per heavy atom. The number of nitrogens with zero attached hydrogens (tertiary/aromatic N) is 2. The molecule has 2 aromatic carbocycles. The molecule has 0 radical (unpaired) electrons. The van der Waals surface area contributed by atoms with E-state index < -0.39 is 18.2 Å². The van der Waals surface area contributed by atoms with Gasteiger partial charge in [0.2, 0.25) is 0 Å². The van der Waals surface area contributed by atoms with Crippen LogP contribution in [0.15, 0.2) is 42.5 Å². The van der Waals surface area contributed by atoms with Crippen LogP contribution in [-0.4, -0.2) is 39.5 Å². The summed E-state index contributed by atoms with van der Waals surface area (Å²) in [6, 6.07) is 12.4. The van der Waals surface area contributed by atoms with Gasteiger partial charge in [0.05, 0.1) is 36.5 Å². The number of hydrogen-bond donors (Lipinski definition) is 2. The molecule has 7 nitrogen and oxygen atoms in total. The zero-order valence-corrected chi connectivity index (χ0v) is 17.7. The molecule has 166 valence electrons. The third-order valence-corrected chi connectivity index (χ3v) is 6.82. The Morgan fingerprint density at radius 2 is 1.75 bits per heavy atom. The number of β-amino-alcohol motifs (C(OH)–C–C–N with tert-alkyl or cyclic N) is 1. The fourth-order valence-corrected chi connectivity index (χ4v) is 5.46. The van der Waals surface area contributed by atoms with Crippen LogP contribution in [0, 0.1) is 0 Å². The van der Waals surface area contributed by atoms with Crippen molar-refractivity contribution in [1.29, 1.82) is 0 Å². The summed E-state index contributed by atoms with van der Waals surface area (Å²) in [5.41, 5.74) is 4.14. The molecule has 1 aliphatic carbocycles. The topological polar surface area (TPSA) is 106 Å². The molecule has 1 fully saturated rings. The summed E-state index contributed by atoms with van der Waals surface area (Å²) in [7, 11) is 0.